The predicted molar refractivity (Wildman–Crippen MR) is 74.2 cm³/mol. The number of carbonyl (C=O) groups excluding carboxylic acids is 1. The van der Waals surface area contributed by atoms with Crippen LogP contribution in [0.5, 0.6) is 0 Å². The van der Waals surface area contributed by atoms with Crippen LogP contribution in [0.4, 0.5) is 0 Å². The van der Waals surface area contributed by atoms with Crippen molar-refractivity contribution in [2.75, 3.05) is 19.8 Å². The lowest BCUT2D eigenvalue weighted by Gasteiger charge is -2.33. The molecule has 0 saturated carbocycles. The lowest BCUT2D eigenvalue weighted by atomic mass is 9.82. The lowest BCUT2D eigenvalue weighted by Crippen LogP contribution is -2.39. The summed E-state index contributed by atoms with van der Waals surface area (Å²) in [7, 11) is 0. The van der Waals surface area contributed by atoms with Gasteiger partial charge in [0, 0.05) is 24.7 Å². The SMILES string of the molecule is CC1(CNC(=O)c2ccccc2S)CCOCC1. The summed E-state index contributed by atoms with van der Waals surface area (Å²) in [5.74, 6) is -0.0479. The third-order valence-corrected chi connectivity index (χ3v) is 3.91. The molecule has 1 N–H and O–H groups in total. The molecule has 0 spiro atoms. The van der Waals surface area contributed by atoms with Crippen LogP contribution in [0.25, 0.3) is 0 Å². The van der Waals surface area contributed by atoms with E-state index < -0.39 is 0 Å². The van der Waals surface area contributed by atoms with Gasteiger partial charge in [0.2, 0.25) is 0 Å². The number of rotatable bonds is 3. The third kappa shape index (κ3) is 3.27. The Balaban J connectivity index is 1.94. The second-order valence-electron chi connectivity index (χ2n) is 5.12. The molecule has 1 fully saturated rings. The van der Waals surface area contributed by atoms with Crippen molar-refractivity contribution in [3.63, 3.8) is 0 Å². The average molecular weight is 265 g/mol. The molecule has 98 valence electrons. The Morgan fingerprint density at radius 1 is 1.39 bits per heavy atom. The van der Waals surface area contributed by atoms with Crippen molar-refractivity contribution in [3.05, 3.63) is 29.8 Å². The summed E-state index contributed by atoms with van der Waals surface area (Å²) in [6.07, 6.45) is 1.99. The first-order valence-corrected chi connectivity index (χ1v) is 6.69. The Morgan fingerprint density at radius 2 is 2.06 bits per heavy atom. The highest BCUT2D eigenvalue weighted by Crippen LogP contribution is 2.28. The van der Waals surface area contributed by atoms with Gasteiger partial charge in [-0.15, -0.1) is 12.6 Å². The first-order chi connectivity index (χ1) is 8.61. The highest BCUT2D eigenvalue weighted by Gasteiger charge is 2.27. The summed E-state index contributed by atoms with van der Waals surface area (Å²) in [5.41, 5.74) is 0.788. The molecule has 0 bridgehead atoms. The van der Waals surface area contributed by atoms with Gasteiger partial charge in [-0.05, 0) is 30.4 Å². The van der Waals surface area contributed by atoms with Crippen molar-refractivity contribution < 1.29 is 9.53 Å². The number of amides is 1. The quantitative estimate of drug-likeness (QED) is 0.824. The van der Waals surface area contributed by atoms with Crippen LogP contribution >= 0.6 is 12.6 Å². The Labute approximate surface area is 113 Å². The van der Waals surface area contributed by atoms with Crippen LogP contribution in [0, 0.1) is 5.41 Å². The molecule has 1 aliphatic rings. The highest BCUT2D eigenvalue weighted by atomic mass is 32.1. The Hall–Kier alpha value is -1.00. The van der Waals surface area contributed by atoms with Crippen molar-refractivity contribution in [2.45, 2.75) is 24.7 Å². The smallest absolute Gasteiger partial charge is 0.252 e. The van der Waals surface area contributed by atoms with E-state index >= 15 is 0 Å². The normalized spacial score (nSPS) is 18.3. The monoisotopic (exact) mass is 265 g/mol. The lowest BCUT2D eigenvalue weighted by molar-refractivity contribution is 0.0238. The summed E-state index contributed by atoms with van der Waals surface area (Å²) in [6, 6.07) is 7.35. The number of nitrogens with one attached hydrogen (secondary N) is 1. The molecule has 0 aliphatic carbocycles. The Bertz CT molecular complexity index is 428. The van der Waals surface area contributed by atoms with Gasteiger partial charge in [0.05, 0.1) is 5.56 Å². The maximum absolute atomic E-state index is 12.1. The number of hydrogen-bond donors (Lipinski definition) is 2. The molecule has 1 aromatic rings. The van der Waals surface area contributed by atoms with Gasteiger partial charge < -0.3 is 10.1 Å². The van der Waals surface area contributed by atoms with Crippen molar-refractivity contribution in [1.29, 1.82) is 0 Å². The van der Waals surface area contributed by atoms with Crippen LogP contribution in [-0.2, 0) is 4.74 Å². The average Bonchev–Trinajstić information content (AvgIpc) is 2.38. The van der Waals surface area contributed by atoms with Gasteiger partial charge in [0.1, 0.15) is 0 Å². The Morgan fingerprint density at radius 3 is 2.72 bits per heavy atom. The minimum Gasteiger partial charge on any atom is -0.381 e. The number of ether oxygens (including phenoxy) is 1. The molecule has 1 aliphatic heterocycles. The molecule has 0 radical (unpaired) electrons. The molecule has 0 aromatic heterocycles. The fraction of sp³-hybridized carbons (Fsp3) is 0.500. The van der Waals surface area contributed by atoms with Crippen LogP contribution in [-0.4, -0.2) is 25.7 Å². The molecule has 4 heteroatoms. The second kappa shape index (κ2) is 5.76. The van der Waals surface area contributed by atoms with E-state index in [-0.39, 0.29) is 11.3 Å². The molecule has 1 aromatic carbocycles. The molecule has 1 heterocycles. The standard InChI is InChI=1S/C14H19NO2S/c1-14(6-8-17-9-7-14)10-15-13(16)11-4-2-3-5-12(11)18/h2-5,18H,6-10H2,1H3,(H,15,16). The van der Waals surface area contributed by atoms with Crippen LogP contribution in [0.3, 0.4) is 0 Å². The van der Waals surface area contributed by atoms with E-state index in [1.54, 1.807) is 6.07 Å². The summed E-state index contributed by atoms with van der Waals surface area (Å²) in [6.45, 7) is 4.46. The Kier molecular flexibility index (Phi) is 4.30. The molecule has 1 amide bonds. The van der Waals surface area contributed by atoms with E-state index in [1.165, 1.54) is 0 Å². The van der Waals surface area contributed by atoms with Crippen LogP contribution in [0.1, 0.15) is 30.1 Å². The fourth-order valence-corrected chi connectivity index (χ4v) is 2.36. The third-order valence-electron chi connectivity index (χ3n) is 3.52. The van der Waals surface area contributed by atoms with Crippen molar-refractivity contribution >= 4 is 18.5 Å². The second-order valence-corrected chi connectivity index (χ2v) is 5.60. The largest absolute Gasteiger partial charge is 0.381 e. The van der Waals surface area contributed by atoms with Gasteiger partial charge in [-0.2, -0.15) is 0 Å². The molecule has 3 nitrogen and oxygen atoms in total. The van der Waals surface area contributed by atoms with E-state index in [9.17, 15) is 4.79 Å². The van der Waals surface area contributed by atoms with Crippen LogP contribution in [0.2, 0.25) is 0 Å². The van der Waals surface area contributed by atoms with Crippen LogP contribution in [0.15, 0.2) is 29.2 Å². The molecule has 18 heavy (non-hydrogen) atoms. The van der Waals surface area contributed by atoms with Gasteiger partial charge in [0.15, 0.2) is 0 Å². The van der Waals surface area contributed by atoms with Gasteiger partial charge in [0.25, 0.3) is 5.91 Å². The molecular formula is C14H19NO2S. The van der Waals surface area contributed by atoms with E-state index in [0.29, 0.717) is 17.0 Å². The number of carbonyl (C=O) groups is 1. The maximum atomic E-state index is 12.1. The molecule has 0 unspecified atom stereocenters. The van der Waals surface area contributed by atoms with Gasteiger partial charge in [-0.1, -0.05) is 19.1 Å². The molecular weight excluding hydrogens is 246 g/mol. The predicted octanol–water partition coefficient (Wildman–Crippen LogP) is 2.52. The highest BCUT2D eigenvalue weighted by molar-refractivity contribution is 7.80. The van der Waals surface area contributed by atoms with Gasteiger partial charge >= 0.3 is 0 Å². The van der Waals surface area contributed by atoms with E-state index in [4.69, 9.17) is 4.74 Å². The zero-order valence-electron chi connectivity index (χ0n) is 10.6. The van der Waals surface area contributed by atoms with Gasteiger partial charge in [-0.25, -0.2) is 0 Å². The van der Waals surface area contributed by atoms with Crippen molar-refractivity contribution in [3.8, 4) is 0 Å². The van der Waals surface area contributed by atoms with Crippen molar-refractivity contribution in [2.24, 2.45) is 5.41 Å². The minimum atomic E-state index is -0.0479. The summed E-state index contributed by atoms with van der Waals surface area (Å²) in [4.78, 5) is 12.8. The van der Waals surface area contributed by atoms with Crippen molar-refractivity contribution in [1.82, 2.24) is 5.32 Å². The number of hydrogen-bond acceptors (Lipinski definition) is 3. The maximum Gasteiger partial charge on any atom is 0.252 e. The summed E-state index contributed by atoms with van der Waals surface area (Å²) < 4.78 is 5.35. The molecule has 2 rings (SSSR count). The number of thiol groups is 1. The molecule has 1 saturated heterocycles. The summed E-state index contributed by atoms with van der Waals surface area (Å²) in [5, 5.41) is 3.01. The minimum absolute atomic E-state index is 0.0479. The summed E-state index contributed by atoms with van der Waals surface area (Å²) >= 11 is 4.30. The number of benzene rings is 1. The van der Waals surface area contributed by atoms with E-state index in [0.717, 1.165) is 26.1 Å². The first kappa shape index (κ1) is 13.4. The topological polar surface area (TPSA) is 38.3 Å². The first-order valence-electron chi connectivity index (χ1n) is 6.25. The molecule has 0 atom stereocenters. The van der Waals surface area contributed by atoms with Crippen LogP contribution < -0.4 is 5.32 Å². The zero-order valence-corrected chi connectivity index (χ0v) is 11.5. The van der Waals surface area contributed by atoms with E-state index in [2.05, 4.69) is 24.9 Å². The van der Waals surface area contributed by atoms with Gasteiger partial charge in [-0.3, -0.25) is 4.79 Å². The zero-order chi connectivity index (χ0) is 13.0. The fourth-order valence-electron chi connectivity index (χ4n) is 2.10. The van der Waals surface area contributed by atoms with E-state index in [1.807, 2.05) is 18.2 Å².